The number of hydrogen-bond acceptors (Lipinski definition) is 5. The van der Waals surface area contributed by atoms with Gasteiger partial charge in [0.25, 0.3) is 0 Å². The summed E-state index contributed by atoms with van der Waals surface area (Å²) in [5.41, 5.74) is 0.483. The minimum Gasteiger partial charge on any atom is -0.394 e. The molecule has 32 heavy (non-hydrogen) atoms. The van der Waals surface area contributed by atoms with Gasteiger partial charge in [-0.3, -0.25) is 14.4 Å². The van der Waals surface area contributed by atoms with E-state index in [1.807, 2.05) is 13.8 Å². The second-order valence-electron chi connectivity index (χ2n) is 9.35. The van der Waals surface area contributed by atoms with Crippen molar-refractivity contribution >= 4 is 46.8 Å². The molecule has 0 radical (unpaired) electrons. The lowest BCUT2D eigenvalue weighted by atomic mass is 9.70. The van der Waals surface area contributed by atoms with Crippen LogP contribution in [-0.4, -0.2) is 63.5 Å². The molecule has 7 nitrogen and oxygen atoms in total. The van der Waals surface area contributed by atoms with E-state index < -0.39 is 28.7 Å². The van der Waals surface area contributed by atoms with Gasteiger partial charge in [-0.1, -0.05) is 37.6 Å². The summed E-state index contributed by atoms with van der Waals surface area (Å²) < 4.78 is -0.686. The van der Waals surface area contributed by atoms with E-state index in [4.69, 9.17) is 11.6 Å². The minimum absolute atomic E-state index is 0.0133. The van der Waals surface area contributed by atoms with Gasteiger partial charge in [0.15, 0.2) is 0 Å². The van der Waals surface area contributed by atoms with Gasteiger partial charge in [0.05, 0.1) is 39.9 Å². The van der Waals surface area contributed by atoms with Crippen molar-refractivity contribution in [1.82, 2.24) is 10.2 Å². The second-order valence-corrected chi connectivity index (χ2v) is 11.4. The Bertz CT molecular complexity index is 928. The summed E-state index contributed by atoms with van der Waals surface area (Å²) in [5, 5.41) is 16.3. The number of benzene rings is 1. The molecule has 3 aliphatic heterocycles. The molecule has 2 unspecified atom stereocenters. The molecule has 1 spiro atoms. The van der Waals surface area contributed by atoms with Crippen LogP contribution < -0.4 is 10.6 Å². The molecule has 6 atom stereocenters. The zero-order valence-electron chi connectivity index (χ0n) is 18.5. The molecule has 0 aliphatic carbocycles. The molecule has 0 aromatic heterocycles. The number of fused-ring (bicyclic) bond motifs is 1. The summed E-state index contributed by atoms with van der Waals surface area (Å²) in [5.74, 6) is -1.49. The quantitative estimate of drug-likeness (QED) is 0.558. The van der Waals surface area contributed by atoms with Gasteiger partial charge in [-0.25, -0.2) is 0 Å². The number of likely N-dealkylation sites (tertiary alicyclic amines) is 1. The Hall–Kier alpha value is -1.77. The van der Waals surface area contributed by atoms with Crippen molar-refractivity contribution in [2.75, 3.05) is 19.0 Å². The van der Waals surface area contributed by atoms with Crippen LogP contribution in [0.25, 0.3) is 0 Å². The Morgan fingerprint density at radius 2 is 2.03 bits per heavy atom. The number of amides is 3. The van der Waals surface area contributed by atoms with Crippen molar-refractivity contribution in [3.63, 3.8) is 0 Å². The monoisotopic (exact) mass is 479 g/mol. The highest BCUT2D eigenvalue weighted by Gasteiger charge is 2.74. The van der Waals surface area contributed by atoms with Gasteiger partial charge in [-0.2, -0.15) is 0 Å². The fourth-order valence-corrected chi connectivity index (χ4v) is 8.22. The van der Waals surface area contributed by atoms with Crippen LogP contribution in [0.1, 0.15) is 33.1 Å². The number of thioether (sulfide) groups is 1. The molecule has 3 N–H and O–H groups in total. The highest BCUT2D eigenvalue weighted by molar-refractivity contribution is 8.02. The van der Waals surface area contributed by atoms with E-state index >= 15 is 0 Å². The summed E-state index contributed by atoms with van der Waals surface area (Å²) in [6.07, 6.45) is 2.03. The number of halogens is 1. The lowest BCUT2D eigenvalue weighted by Crippen LogP contribution is -2.55. The lowest BCUT2D eigenvalue weighted by Gasteiger charge is -2.37. The molecular formula is C23H30ClN3O4S. The molecule has 3 saturated heterocycles. The number of para-hydroxylation sites is 1. The van der Waals surface area contributed by atoms with Gasteiger partial charge in [0.1, 0.15) is 6.04 Å². The first-order chi connectivity index (χ1) is 15.2. The number of aliphatic hydroxyl groups excluding tert-OH is 1. The first-order valence-electron chi connectivity index (χ1n) is 11.1. The van der Waals surface area contributed by atoms with Crippen molar-refractivity contribution in [3.05, 3.63) is 29.3 Å². The summed E-state index contributed by atoms with van der Waals surface area (Å²) in [7, 11) is 1.58. The summed E-state index contributed by atoms with van der Waals surface area (Å²) in [6, 6.07) is 5.72. The Balaban J connectivity index is 1.76. The smallest absolute Gasteiger partial charge is 0.248 e. The number of hydrogen-bond donors (Lipinski definition) is 3. The third-order valence-electron chi connectivity index (χ3n) is 7.01. The predicted octanol–water partition coefficient (Wildman–Crippen LogP) is 2.52. The number of carbonyl (C=O) groups excluding carboxylic acids is 3. The third-order valence-corrected chi connectivity index (χ3v) is 9.30. The minimum atomic E-state index is -0.781. The van der Waals surface area contributed by atoms with Crippen LogP contribution in [0.3, 0.4) is 0 Å². The van der Waals surface area contributed by atoms with Crippen molar-refractivity contribution in [2.24, 2.45) is 17.8 Å². The number of aliphatic hydroxyl groups is 1. The number of nitrogens with zero attached hydrogens (tertiary/aromatic N) is 1. The average Bonchev–Trinajstić information content (AvgIpc) is 3.40. The molecule has 4 rings (SSSR count). The van der Waals surface area contributed by atoms with Crippen LogP contribution in [0, 0.1) is 17.8 Å². The Morgan fingerprint density at radius 3 is 2.66 bits per heavy atom. The number of nitrogens with one attached hydrogen (secondary N) is 2. The molecule has 3 fully saturated rings. The van der Waals surface area contributed by atoms with Gasteiger partial charge in [-0.15, -0.1) is 11.8 Å². The predicted molar refractivity (Wildman–Crippen MR) is 125 cm³/mol. The third kappa shape index (κ3) is 3.60. The average molecular weight is 480 g/mol. The van der Waals surface area contributed by atoms with E-state index in [9.17, 15) is 19.5 Å². The zero-order chi connectivity index (χ0) is 23.2. The highest BCUT2D eigenvalue weighted by Crippen LogP contribution is 2.66. The Morgan fingerprint density at radius 1 is 1.31 bits per heavy atom. The molecule has 2 bridgehead atoms. The highest BCUT2D eigenvalue weighted by atomic mass is 35.5. The molecule has 0 saturated carbocycles. The van der Waals surface area contributed by atoms with Gasteiger partial charge < -0.3 is 20.6 Å². The van der Waals surface area contributed by atoms with Crippen molar-refractivity contribution in [3.8, 4) is 0 Å². The SMILES string of the molecule is CNC(=O)[C@@H]1[C@@H]2CCC3(S2)C(C(=O)Nc2ccccc2Cl)N([C@@H](CO)CC(C)C)C(=O)[C@H]13. The van der Waals surface area contributed by atoms with Crippen LogP contribution in [0.4, 0.5) is 5.69 Å². The van der Waals surface area contributed by atoms with E-state index in [1.165, 1.54) is 0 Å². The number of rotatable bonds is 7. The lowest BCUT2D eigenvalue weighted by molar-refractivity contribution is -0.142. The number of carbonyl (C=O) groups is 3. The molecule has 3 aliphatic rings. The summed E-state index contributed by atoms with van der Waals surface area (Å²) in [4.78, 5) is 41.9. The summed E-state index contributed by atoms with van der Waals surface area (Å²) in [6.45, 7) is 3.81. The van der Waals surface area contributed by atoms with Crippen LogP contribution in [0.15, 0.2) is 24.3 Å². The van der Waals surface area contributed by atoms with Gasteiger partial charge in [0, 0.05) is 12.3 Å². The Kier molecular flexibility index (Phi) is 6.49. The maximum Gasteiger partial charge on any atom is 0.248 e. The maximum atomic E-state index is 13.8. The molecule has 3 amide bonds. The summed E-state index contributed by atoms with van der Waals surface area (Å²) >= 11 is 7.88. The zero-order valence-corrected chi connectivity index (χ0v) is 20.1. The first kappa shape index (κ1) is 23.4. The molecule has 1 aromatic rings. The Labute approximate surface area is 197 Å². The van der Waals surface area contributed by atoms with Crippen molar-refractivity contribution in [2.45, 2.75) is 55.2 Å². The van der Waals surface area contributed by atoms with Crippen LogP contribution in [0.5, 0.6) is 0 Å². The van der Waals surface area contributed by atoms with Crippen LogP contribution in [0.2, 0.25) is 5.02 Å². The largest absolute Gasteiger partial charge is 0.394 e. The fraction of sp³-hybridized carbons (Fsp3) is 0.609. The molecule has 3 heterocycles. The van der Waals surface area contributed by atoms with Crippen LogP contribution in [-0.2, 0) is 14.4 Å². The number of anilines is 1. The van der Waals surface area contributed by atoms with Gasteiger partial charge in [-0.05, 0) is 37.3 Å². The molecule has 9 heteroatoms. The first-order valence-corrected chi connectivity index (χ1v) is 12.4. The van der Waals surface area contributed by atoms with Crippen molar-refractivity contribution < 1.29 is 19.5 Å². The van der Waals surface area contributed by atoms with Gasteiger partial charge in [0.2, 0.25) is 17.7 Å². The topological polar surface area (TPSA) is 98.7 Å². The second kappa shape index (κ2) is 8.88. The van der Waals surface area contributed by atoms with Crippen LogP contribution >= 0.6 is 23.4 Å². The van der Waals surface area contributed by atoms with Crippen molar-refractivity contribution in [1.29, 1.82) is 0 Å². The van der Waals surface area contributed by atoms with E-state index in [-0.39, 0.29) is 35.5 Å². The standard InChI is InChI=1S/C23H30ClN3O4S/c1-12(2)10-13(11-28)27-19(21(30)26-15-7-5-4-6-14(15)24)23-9-8-16(32-23)17(20(29)25-3)18(23)22(27)31/h4-7,12-13,16-19,28H,8-11H2,1-3H3,(H,25,29)(H,26,30)/t13-,16+,17-,18+,19?,23?/m1/s1. The fourth-order valence-electron chi connectivity index (χ4n) is 5.83. The molecule has 1 aromatic carbocycles. The van der Waals surface area contributed by atoms with E-state index in [1.54, 1.807) is 48.0 Å². The van der Waals surface area contributed by atoms with Gasteiger partial charge >= 0.3 is 0 Å². The normalized spacial score (nSPS) is 31.7. The maximum absolute atomic E-state index is 13.8. The van der Waals surface area contributed by atoms with E-state index in [2.05, 4.69) is 10.6 Å². The molecule has 174 valence electrons. The molecular weight excluding hydrogens is 450 g/mol. The van der Waals surface area contributed by atoms with E-state index in [0.29, 0.717) is 23.6 Å². The van der Waals surface area contributed by atoms with E-state index in [0.717, 1.165) is 6.42 Å².